The molecule has 4 heteroatoms. The van der Waals surface area contributed by atoms with Gasteiger partial charge in [0.15, 0.2) is 0 Å². The molecule has 0 radical (unpaired) electrons. The smallest absolute Gasteiger partial charge is 0.229 e. The summed E-state index contributed by atoms with van der Waals surface area (Å²) in [5.41, 5.74) is 0. The molecule has 1 saturated carbocycles. The molecule has 2 rings (SSSR count). The number of rotatable bonds is 4. The Labute approximate surface area is 101 Å². The number of imide groups is 1. The van der Waals surface area contributed by atoms with E-state index in [4.69, 9.17) is 0 Å². The number of carbonyl (C=O) groups is 2. The van der Waals surface area contributed by atoms with E-state index in [0.717, 1.165) is 11.0 Å². The van der Waals surface area contributed by atoms with Gasteiger partial charge in [0, 0.05) is 30.4 Å². The summed E-state index contributed by atoms with van der Waals surface area (Å²) in [5.74, 6) is 0.964. The van der Waals surface area contributed by atoms with Crippen LogP contribution in [0.4, 0.5) is 0 Å². The first kappa shape index (κ1) is 12.0. The molecule has 0 aromatic carbocycles. The van der Waals surface area contributed by atoms with E-state index >= 15 is 0 Å². The Bertz CT molecular complexity index is 258. The second-order valence-corrected chi connectivity index (χ2v) is 5.98. The van der Waals surface area contributed by atoms with Crippen molar-refractivity contribution in [2.24, 2.45) is 0 Å². The number of amides is 2. The Kier molecular flexibility index (Phi) is 4.27. The van der Waals surface area contributed by atoms with Gasteiger partial charge in [-0.05, 0) is 12.8 Å². The Balaban J connectivity index is 1.67. The Hall–Kier alpha value is -0.510. The van der Waals surface area contributed by atoms with Gasteiger partial charge in [-0.3, -0.25) is 14.5 Å². The summed E-state index contributed by atoms with van der Waals surface area (Å²) in [6, 6.07) is 0. The van der Waals surface area contributed by atoms with E-state index in [1.54, 1.807) is 0 Å². The summed E-state index contributed by atoms with van der Waals surface area (Å²) in [6.07, 6.45) is 7.54. The van der Waals surface area contributed by atoms with Gasteiger partial charge in [0.1, 0.15) is 0 Å². The summed E-state index contributed by atoms with van der Waals surface area (Å²) in [5, 5.41) is 0.765. The van der Waals surface area contributed by atoms with E-state index in [2.05, 4.69) is 0 Å². The zero-order valence-corrected chi connectivity index (χ0v) is 10.4. The minimum Gasteiger partial charge on any atom is -0.282 e. The largest absolute Gasteiger partial charge is 0.282 e. The fourth-order valence-electron chi connectivity index (χ4n) is 2.41. The van der Waals surface area contributed by atoms with Crippen LogP contribution in [0.1, 0.15) is 44.9 Å². The van der Waals surface area contributed by atoms with Crippen LogP contribution in [0.5, 0.6) is 0 Å². The topological polar surface area (TPSA) is 37.4 Å². The summed E-state index contributed by atoms with van der Waals surface area (Å²) in [6.45, 7) is 0.624. The SMILES string of the molecule is O=C1CCC(=O)N1CCSC1CCCCC1. The fraction of sp³-hybridized carbons (Fsp3) is 0.833. The van der Waals surface area contributed by atoms with Crippen molar-refractivity contribution in [3.05, 3.63) is 0 Å². The molecular formula is C12H19NO2S. The maximum atomic E-state index is 11.4. The fourth-order valence-corrected chi connectivity index (χ4v) is 3.70. The molecule has 0 aromatic rings. The standard InChI is InChI=1S/C12H19NO2S/c14-11-6-7-12(15)13(11)8-9-16-10-4-2-1-3-5-10/h10H,1-9H2. The third-order valence-corrected chi connectivity index (χ3v) is 4.74. The molecule has 0 unspecified atom stereocenters. The first-order valence-electron chi connectivity index (χ1n) is 6.22. The zero-order valence-electron chi connectivity index (χ0n) is 9.61. The van der Waals surface area contributed by atoms with Crippen molar-refractivity contribution in [2.75, 3.05) is 12.3 Å². The van der Waals surface area contributed by atoms with Crippen LogP contribution in [0.15, 0.2) is 0 Å². The average molecular weight is 241 g/mol. The molecule has 2 fully saturated rings. The highest BCUT2D eigenvalue weighted by atomic mass is 32.2. The van der Waals surface area contributed by atoms with Gasteiger partial charge in [-0.1, -0.05) is 19.3 Å². The lowest BCUT2D eigenvalue weighted by Crippen LogP contribution is -2.31. The number of hydrogen-bond donors (Lipinski definition) is 0. The van der Waals surface area contributed by atoms with Crippen molar-refractivity contribution in [3.63, 3.8) is 0 Å². The number of nitrogens with zero attached hydrogens (tertiary/aromatic N) is 1. The van der Waals surface area contributed by atoms with Crippen LogP contribution in [0.3, 0.4) is 0 Å². The minimum atomic E-state index is 0.0224. The van der Waals surface area contributed by atoms with Crippen molar-refractivity contribution in [1.82, 2.24) is 4.90 Å². The van der Waals surface area contributed by atoms with E-state index in [9.17, 15) is 9.59 Å². The van der Waals surface area contributed by atoms with E-state index in [0.29, 0.717) is 19.4 Å². The van der Waals surface area contributed by atoms with Crippen molar-refractivity contribution >= 4 is 23.6 Å². The van der Waals surface area contributed by atoms with Crippen molar-refractivity contribution in [3.8, 4) is 0 Å². The summed E-state index contributed by atoms with van der Waals surface area (Å²) < 4.78 is 0. The zero-order chi connectivity index (χ0) is 11.4. The molecule has 0 aromatic heterocycles. The molecule has 1 aliphatic heterocycles. The molecule has 2 aliphatic rings. The monoisotopic (exact) mass is 241 g/mol. The van der Waals surface area contributed by atoms with Gasteiger partial charge in [-0.25, -0.2) is 0 Å². The molecule has 0 bridgehead atoms. The van der Waals surface area contributed by atoms with Crippen molar-refractivity contribution in [2.45, 2.75) is 50.2 Å². The van der Waals surface area contributed by atoms with Crippen LogP contribution in [-0.2, 0) is 9.59 Å². The molecule has 3 nitrogen and oxygen atoms in total. The Morgan fingerprint density at radius 1 is 1.06 bits per heavy atom. The van der Waals surface area contributed by atoms with Gasteiger partial charge in [0.2, 0.25) is 11.8 Å². The minimum absolute atomic E-state index is 0.0224. The number of likely N-dealkylation sites (tertiary alicyclic amines) is 1. The molecule has 2 amide bonds. The van der Waals surface area contributed by atoms with Crippen molar-refractivity contribution < 1.29 is 9.59 Å². The average Bonchev–Trinajstić information content (AvgIpc) is 2.62. The normalized spacial score (nSPS) is 23.1. The Morgan fingerprint density at radius 2 is 1.69 bits per heavy atom. The number of thioether (sulfide) groups is 1. The Morgan fingerprint density at radius 3 is 2.31 bits per heavy atom. The summed E-state index contributed by atoms with van der Waals surface area (Å²) in [4.78, 5) is 24.2. The predicted octanol–water partition coefficient (Wildman–Crippen LogP) is 2.20. The highest BCUT2D eigenvalue weighted by Crippen LogP contribution is 2.28. The van der Waals surface area contributed by atoms with Gasteiger partial charge in [-0.15, -0.1) is 0 Å². The molecule has 0 atom stereocenters. The van der Waals surface area contributed by atoms with Crippen LogP contribution in [0.2, 0.25) is 0 Å². The second kappa shape index (κ2) is 5.71. The van der Waals surface area contributed by atoms with Gasteiger partial charge in [-0.2, -0.15) is 11.8 Å². The lowest BCUT2D eigenvalue weighted by Gasteiger charge is -2.22. The number of hydrogen-bond acceptors (Lipinski definition) is 3. The van der Waals surface area contributed by atoms with Gasteiger partial charge in [0.05, 0.1) is 0 Å². The lowest BCUT2D eigenvalue weighted by atomic mass is 10.0. The van der Waals surface area contributed by atoms with Crippen LogP contribution in [0, 0.1) is 0 Å². The van der Waals surface area contributed by atoms with E-state index in [1.165, 1.54) is 37.0 Å². The maximum Gasteiger partial charge on any atom is 0.229 e. The van der Waals surface area contributed by atoms with Crippen LogP contribution in [0.25, 0.3) is 0 Å². The summed E-state index contributed by atoms with van der Waals surface area (Å²) >= 11 is 1.94. The maximum absolute atomic E-state index is 11.4. The molecule has 90 valence electrons. The molecule has 0 spiro atoms. The van der Waals surface area contributed by atoms with E-state index in [1.807, 2.05) is 11.8 Å². The van der Waals surface area contributed by atoms with E-state index < -0.39 is 0 Å². The van der Waals surface area contributed by atoms with Crippen LogP contribution >= 0.6 is 11.8 Å². The second-order valence-electron chi connectivity index (χ2n) is 4.57. The van der Waals surface area contributed by atoms with Crippen molar-refractivity contribution in [1.29, 1.82) is 0 Å². The van der Waals surface area contributed by atoms with E-state index in [-0.39, 0.29) is 11.8 Å². The predicted molar refractivity (Wildman–Crippen MR) is 65.3 cm³/mol. The van der Waals surface area contributed by atoms with Gasteiger partial charge in [0.25, 0.3) is 0 Å². The summed E-state index contributed by atoms with van der Waals surface area (Å²) in [7, 11) is 0. The molecule has 16 heavy (non-hydrogen) atoms. The first-order valence-corrected chi connectivity index (χ1v) is 7.27. The molecule has 1 aliphatic carbocycles. The first-order chi connectivity index (χ1) is 7.77. The van der Waals surface area contributed by atoms with Gasteiger partial charge < -0.3 is 0 Å². The highest BCUT2D eigenvalue weighted by Gasteiger charge is 2.28. The van der Waals surface area contributed by atoms with Crippen LogP contribution in [-0.4, -0.2) is 34.3 Å². The molecule has 1 heterocycles. The molecule has 1 saturated heterocycles. The van der Waals surface area contributed by atoms with Gasteiger partial charge >= 0.3 is 0 Å². The third-order valence-electron chi connectivity index (χ3n) is 3.38. The molecular weight excluding hydrogens is 222 g/mol. The molecule has 0 N–H and O–H groups in total. The third kappa shape index (κ3) is 3.00. The number of carbonyl (C=O) groups excluding carboxylic acids is 2. The quantitative estimate of drug-likeness (QED) is 0.708. The van der Waals surface area contributed by atoms with Crippen LogP contribution < -0.4 is 0 Å². The highest BCUT2D eigenvalue weighted by molar-refractivity contribution is 7.99. The lowest BCUT2D eigenvalue weighted by molar-refractivity contribution is -0.137.